The topological polar surface area (TPSA) is 124 Å². The smallest absolute Gasteiger partial charge is 0.326 e. The summed E-state index contributed by atoms with van der Waals surface area (Å²) in [4.78, 5) is 43.7. The van der Waals surface area contributed by atoms with Crippen molar-refractivity contribution in [1.29, 1.82) is 0 Å². The predicted molar refractivity (Wildman–Crippen MR) is 139 cm³/mol. The van der Waals surface area contributed by atoms with Crippen molar-refractivity contribution in [3.63, 3.8) is 0 Å². The van der Waals surface area contributed by atoms with Gasteiger partial charge in [-0.3, -0.25) is 9.59 Å². The minimum Gasteiger partial charge on any atom is -0.480 e. The second kappa shape index (κ2) is 18.9. The van der Waals surface area contributed by atoms with Crippen LogP contribution in [0, 0.1) is 5.92 Å². The van der Waals surface area contributed by atoms with Crippen molar-refractivity contribution in [3.05, 3.63) is 18.2 Å². The molecule has 0 radical (unpaired) electrons. The van der Waals surface area contributed by atoms with E-state index in [1.807, 2.05) is 0 Å². The summed E-state index contributed by atoms with van der Waals surface area (Å²) < 4.78 is 0. The number of rotatable bonds is 21. The van der Waals surface area contributed by atoms with Crippen LogP contribution < -0.4 is 10.6 Å². The molecule has 1 heterocycles. The van der Waals surface area contributed by atoms with E-state index in [-0.39, 0.29) is 18.2 Å². The van der Waals surface area contributed by atoms with E-state index in [2.05, 4.69) is 27.5 Å². The summed E-state index contributed by atoms with van der Waals surface area (Å²) in [5.41, 5.74) is 0.697. The summed E-state index contributed by atoms with van der Waals surface area (Å²) in [6, 6.07) is -1.87. The Morgan fingerprint density at radius 1 is 0.886 bits per heavy atom. The van der Waals surface area contributed by atoms with Gasteiger partial charge in [-0.2, -0.15) is 0 Å². The molecule has 0 bridgehead atoms. The van der Waals surface area contributed by atoms with E-state index in [9.17, 15) is 19.5 Å². The Kier molecular flexibility index (Phi) is 16.5. The molecule has 1 rings (SSSR count). The van der Waals surface area contributed by atoms with Gasteiger partial charge in [-0.1, -0.05) is 97.8 Å². The Bertz CT molecular complexity index is 706. The number of H-pyrrole nitrogens is 1. The number of nitrogens with zero attached hydrogens (tertiary/aromatic N) is 1. The van der Waals surface area contributed by atoms with Gasteiger partial charge in [0.25, 0.3) is 0 Å². The second-order valence-electron chi connectivity index (χ2n) is 9.96. The third kappa shape index (κ3) is 14.6. The summed E-state index contributed by atoms with van der Waals surface area (Å²) >= 11 is 0. The van der Waals surface area contributed by atoms with Gasteiger partial charge in [0.2, 0.25) is 11.8 Å². The Morgan fingerprint density at radius 2 is 1.43 bits per heavy atom. The first-order valence-corrected chi connectivity index (χ1v) is 13.6. The zero-order valence-electron chi connectivity index (χ0n) is 22.1. The highest BCUT2D eigenvalue weighted by molar-refractivity contribution is 5.90. The third-order valence-electron chi connectivity index (χ3n) is 6.37. The van der Waals surface area contributed by atoms with Gasteiger partial charge in [0.15, 0.2) is 0 Å². The first-order valence-electron chi connectivity index (χ1n) is 13.6. The molecule has 0 saturated heterocycles. The molecule has 8 heteroatoms. The zero-order valence-corrected chi connectivity index (χ0v) is 22.1. The molecule has 1 aromatic rings. The molecule has 0 aromatic carbocycles. The maximum Gasteiger partial charge on any atom is 0.326 e. The number of amides is 2. The van der Waals surface area contributed by atoms with E-state index in [0.717, 1.165) is 19.3 Å². The Balaban J connectivity index is 2.29. The van der Waals surface area contributed by atoms with E-state index in [1.54, 1.807) is 20.0 Å². The SMILES string of the molecule is CCCCCCCCCCCCCCCC(=O)N[C@@H](Cc1cnc[nH]1)C(=O)N[C@H](C(=O)O)C(C)C. The Morgan fingerprint density at radius 3 is 1.89 bits per heavy atom. The van der Waals surface area contributed by atoms with Gasteiger partial charge in [-0.25, -0.2) is 9.78 Å². The van der Waals surface area contributed by atoms with Gasteiger partial charge < -0.3 is 20.7 Å². The number of carbonyl (C=O) groups excluding carboxylic acids is 2. The number of hydrogen-bond donors (Lipinski definition) is 4. The highest BCUT2D eigenvalue weighted by Gasteiger charge is 2.28. The number of carboxylic acids is 1. The molecule has 200 valence electrons. The van der Waals surface area contributed by atoms with Gasteiger partial charge in [0.1, 0.15) is 12.1 Å². The van der Waals surface area contributed by atoms with E-state index in [1.165, 1.54) is 70.5 Å². The number of carboxylic acid groups (broad SMARTS) is 1. The molecule has 0 saturated carbocycles. The quantitative estimate of drug-likeness (QED) is 0.177. The average molecular weight is 493 g/mol. The highest BCUT2D eigenvalue weighted by atomic mass is 16.4. The van der Waals surface area contributed by atoms with Crippen LogP contribution in [0.5, 0.6) is 0 Å². The standard InChI is InChI=1S/C27H48N4O4/c1-4-5-6-7-8-9-10-11-12-13-14-15-16-17-24(32)30-23(18-22-19-28-20-29-22)26(33)31-25(21(2)3)27(34)35/h19-21,23,25H,4-18H2,1-3H3,(H,28,29)(H,30,32)(H,31,33)(H,34,35)/t23-,25-/m0/s1. The summed E-state index contributed by atoms with van der Waals surface area (Å²) in [5, 5.41) is 14.7. The number of hydrogen-bond acceptors (Lipinski definition) is 4. The van der Waals surface area contributed by atoms with Crippen LogP contribution in [0.15, 0.2) is 12.5 Å². The molecular weight excluding hydrogens is 444 g/mol. The molecule has 2 amide bonds. The first kappa shape index (κ1) is 30.7. The molecule has 2 atom stereocenters. The number of aromatic nitrogens is 2. The van der Waals surface area contributed by atoms with Gasteiger partial charge in [-0.05, 0) is 12.3 Å². The Labute approximate surface area is 211 Å². The van der Waals surface area contributed by atoms with Crippen molar-refractivity contribution in [1.82, 2.24) is 20.6 Å². The van der Waals surface area contributed by atoms with E-state index >= 15 is 0 Å². The first-order chi connectivity index (χ1) is 16.8. The molecule has 4 N–H and O–H groups in total. The van der Waals surface area contributed by atoms with E-state index in [0.29, 0.717) is 12.1 Å². The third-order valence-corrected chi connectivity index (χ3v) is 6.37. The van der Waals surface area contributed by atoms with Crippen molar-refractivity contribution >= 4 is 17.8 Å². The average Bonchev–Trinajstić information content (AvgIpc) is 3.32. The van der Waals surface area contributed by atoms with Crippen LogP contribution in [-0.2, 0) is 20.8 Å². The van der Waals surface area contributed by atoms with Crippen LogP contribution in [0.25, 0.3) is 0 Å². The summed E-state index contributed by atoms with van der Waals surface area (Å²) in [6.07, 6.45) is 19.8. The van der Waals surface area contributed by atoms with Crippen molar-refractivity contribution in [3.8, 4) is 0 Å². The fourth-order valence-electron chi connectivity index (χ4n) is 4.16. The monoisotopic (exact) mass is 492 g/mol. The fourth-order valence-corrected chi connectivity index (χ4v) is 4.16. The Hall–Kier alpha value is -2.38. The van der Waals surface area contributed by atoms with Crippen LogP contribution >= 0.6 is 0 Å². The number of imidazole rings is 1. The minimum atomic E-state index is -1.09. The van der Waals surface area contributed by atoms with E-state index < -0.39 is 24.0 Å². The van der Waals surface area contributed by atoms with Gasteiger partial charge in [0.05, 0.1) is 6.33 Å². The van der Waals surface area contributed by atoms with Gasteiger partial charge in [0, 0.05) is 24.7 Å². The van der Waals surface area contributed by atoms with Crippen molar-refractivity contribution in [2.45, 2.75) is 129 Å². The van der Waals surface area contributed by atoms with Crippen LogP contribution in [-0.4, -0.2) is 44.9 Å². The lowest BCUT2D eigenvalue weighted by molar-refractivity contribution is -0.143. The zero-order chi connectivity index (χ0) is 25.9. The number of carbonyl (C=O) groups is 3. The molecule has 0 aliphatic heterocycles. The largest absolute Gasteiger partial charge is 0.480 e. The summed E-state index contributed by atoms with van der Waals surface area (Å²) in [7, 11) is 0. The maximum atomic E-state index is 12.8. The normalized spacial score (nSPS) is 12.9. The van der Waals surface area contributed by atoms with Crippen LogP contribution in [0.4, 0.5) is 0 Å². The summed E-state index contributed by atoms with van der Waals surface area (Å²) in [6.45, 7) is 5.71. The van der Waals surface area contributed by atoms with Gasteiger partial charge >= 0.3 is 5.97 Å². The lowest BCUT2D eigenvalue weighted by Gasteiger charge is -2.23. The molecule has 0 unspecified atom stereocenters. The van der Waals surface area contributed by atoms with Crippen molar-refractivity contribution in [2.24, 2.45) is 5.92 Å². The van der Waals surface area contributed by atoms with Gasteiger partial charge in [-0.15, -0.1) is 0 Å². The van der Waals surface area contributed by atoms with Crippen LogP contribution in [0.1, 0.15) is 116 Å². The molecule has 0 fully saturated rings. The molecule has 0 aliphatic carbocycles. The number of aliphatic carboxylic acids is 1. The van der Waals surface area contributed by atoms with Crippen molar-refractivity contribution in [2.75, 3.05) is 0 Å². The molecular formula is C27H48N4O4. The lowest BCUT2D eigenvalue weighted by Crippen LogP contribution is -2.53. The fraction of sp³-hybridized carbons (Fsp3) is 0.778. The number of nitrogens with one attached hydrogen (secondary N) is 3. The molecule has 35 heavy (non-hydrogen) atoms. The van der Waals surface area contributed by atoms with Crippen LogP contribution in [0.2, 0.25) is 0 Å². The van der Waals surface area contributed by atoms with Crippen molar-refractivity contribution < 1.29 is 19.5 Å². The predicted octanol–water partition coefficient (Wildman–Crippen LogP) is 5.14. The highest BCUT2D eigenvalue weighted by Crippen LogP contribution is 2.13. The molecule has 8 nitrogen and oxygen atoms in total. The molecule has 1 aromatic heterocycles. The molecule has 0 aliphatic rings. The number of unbranched alkanes of at least 4 members (excludes halogenated alkanes) is 12. The number of aromatic amines is 1. The summed E-state index contributed by atoms with van der Waals surface area (Å²) in [5.74, 6) is -2.05. The van der Waals surface area contributed by atoms with E-state index in [4.69, 9.17) is 0 Å². The lowest BCUT2D eigenvalue weighted by atomic mass is 10.0. The minimum absolute atomic E-state index is 0.191. The second-order valence-corrected chi connectivity index (χ2v) is 9.96. The van der Waals surface area contributed by atoms with Crippen LogP contribution in [0.3, 0.4) is 0 Å². The molecule has 0 spiro atoms. The maximum absolute atomic E-state index is 12.8.